The summed E-state index contributed by atoms with van der Waals surface area (Å²) >= 11 is 0. The second-order valence-corrected chi connectivity index (χ2v) is 8.98. The number of amides is 1. The largest absolute Gasteiger partial charge is 0.423 e. The molecule has 1 heterocycles. The quantitative estimate of drug-likeness (QED) is 0.309. The normalized spacial score (nSPS) is 19.0. The first kappa shape index (κ1) is 19.6. The molecule has 25 heavy (non-hydrogen) atoms. The molecule has 0 bridgehead atoms. The van der Waals surface area contributed by atoms with E-state index in [9.17, 15) is 9.59 Å². The molecular weight excluding hydrogens is 334 g/mol. The number of esters is 1. The lowest BCUT2D eigenvalue weighted by atomic mass is 10.1. The second-order valence-electron chi connectivity index (χ2n) is 6.68. The molecule has 0 aliphatic carbocycles. The molecule has 5 heteroatoms. The van der Waals surface area contributed by atoms with E-state index in [1.807, 2.05) is 17.0 Å². The zero-order valence-electron chi connectivity index (χ0n) is 15.4. The SMILES string of the molecule is C=C(C)C(=O)Oc1ccc(CN(CC[S+]2CC(CC)C2)C(C)=O)cc1. The van der Waals surface area contributed by atoms with Crippen molar-refractivity contribution in [2.45, 2.75) is 33.7 Å². The first-order valence-corrected chi connectivity index (χ1v) is 10.5. The number of hydrogen-bond acceptors (Lipinski definition) is 3. The molecule has 1 saturated heterocycles. The summed E-state index contributed by atoms with van der Waals surface area (Å²) in [5.41, 5.74) is 1.41. The lowest BCUT2D eigenvalue weighted by Crippen LogP contribution is -2.42. The van der Waals surface area contributed by atoms with E-state index in [0.717, 1.165) is 23.8 Å². The average molecular weight is 363 g/mol. The molecule has 1 aliphatic heterocycles. The summed E-state index contributed by atoms with van der Waals surface area (Å²) in [6, 6.07) is 7.31. The Morgan fingerprint density at radius 2 is 1.88 bits per heavy atom. The Morgan fingerprint density at radius 3 is 2.40 bits per heavy atom. The maximum Gasteiger partial charge on any atom is 0.338 e. The highest BCUT2D eigenvalue weighted by Gasteiger charge is 2.37. The van der Waals surface area contributed by atoms with Crippen molar-refractivity contribution >= 4 is 22.8 Å². The van der Waals surface area contributed by atoms with E-state index in [1.165, 1.54) is 17.9 Å². The minimum absolute atomic E-state index is 0.106. The van der Waals surface area contributed by atoms with Crippen molar-refractivity contribution in [1.82, 2.24) is 4.90 Å². The molecular formula is C20H28NO3S+. The van der Waals surface area contributed by atoms with Gasteiger partial charge in [-0.15, -0.1) is 0 Å². The Balaban J connectivity index is 1.85. The Labute approximate surface area is 153 Å². The van der Waals surface area contributed by atoms with Gasteiger partial charge in [-0.3, -0.25) is 4.79 Å². The highest BCUT2D eigenvalue weighted by Crippen LogP contribution is 2.24. The number of rotatable bonds is 8. The van der Waals surface area contributed by atoms with Gasteiger partial charge in [0.1, 0.15) is 23.0 Å². The first-order valence-electron chi connectivity index (χ1n) is 8.75. The molecule has 0 radical (unpaired) electrons. The third kappa shape index (κ3) is 5.92. The van der Waals surface area contributed by atoms with E-state index in [0.29, 0.717) is 28.8 Å². The molecule has 0 N–H and O–H groups in total. The molecule has 0 unspecified atom stereocenters. The maximum atomic E-state index is 11.9. The molecule has 1 fully saturated rings. The Kier molecular flexibility index (Phi) is 7.12. The predicted octanol–water partition coefficient (Wildman–Crippen LogP) is 3.17. The van der Waals surface area contributed by atoms with E-state index in [1.54, 1.807) is 26.0 Å². The molecule has 0 saturated carbocycles. The number of carbonyl (C=O) groups is 2. The van der Waals surface area contributed by atoms with Gasteiger partial charge in [-0.1, -0.05) is 25.6 Å². The van der Waals surface area contributed by atoms with Crippen molar-refractivity contribution in [2.24, 2.45) is 5.92 Å². The molecule has 2 rings (SSSR count). The Morgan fingerprint density at radius 1 is 1.24 bits per heavy atom. The van der Waals surface area contributed by atoms with Gasteiger partial charge in [0, 0.05) is 25.0 Å². The van der Waals surface area contributed by atoms with E-state index in [4.69, 9.17) is 4.74 Å². The summed E-state index contributed by atoms with van der Waals surface area (Å²) in [6.07, 6.45) is 1.28. The smallest absolute Gasteiger partial charge is 0.338 e. The van der Waals surface area contributed by atoms with E-state index < -0.39 is 5.97 Å². The van der Waals surface area contributed by atoms with Gasteiger partial charge in [0.15, 0.2) is 0 Å². The van der Waals surface area contributed by atoms with Crippen molar-refractivity contribution < 1.29 is 14.3 Å². The van der Waals surface area contributed by atoms with Crippen LogP contribution in [0.5, 0.6) is 5.75 Å². The second kappa shape index (κ2) is 9.09. The fraction of sp³-hybridized carbons (Fsp3) is 0.500. The minimum Gasteiger partial charge on any atom is -0.423 e. The lowest BCUT2D eigenvalue weighted by Gasteiger charge is -2.28. The van der Waals surface area contributed by atoms with Crippen molar-refractivity contribution in [1.29, 1.82) is 0 Å². The van der Waals surface area contributed by atoms with Gasteiger partial charge >= 0.3 is 5.97 Å². The molecule has 136 valence electrons. The van der Waals surface area contributed by atoms with Crippen molar-refractivity contribution in [3.05, 3.63) is 42.0 Å². The summed E-state index contributed by atoms with van der Waals surface area (Å²) < 4.78 is 5.19. The Hall–Kier alpha value is -1.75. The summed E-state index contributed by atoms with van der Waals surface area (Å²) in [6.45, 7) is 10.5. The van der Waals surface area contributed by atoms with Gasteiger partial charge in [-0.05, 0) is 41.9 Å². The van der Waals surface area contributed by atoms with Crippen LogP contribution in [0, 0.1) is 5.92 Å². The highest BCUT2D eigenvalue weighted by molar-refractivity contribution is 7.98. The van der Waals surface area contributed by atoms with Crippen LogP contribution < -0.4 is 4.74 Å². The van der Waals surface area contributed by atoms with Gasteiger partial charge in [0.05, 0.1) is 6.54 Å². The summed E-state index contributed by atoms with van der Waals surface area (Å²) in [7, 11) is 0.504. The van der Waals surface area contributed by atoms with Crippen LogP contribution >= 0.6 is 0 Å². The number of ether oxygens (including phenoxy) is 1. The van der Waals surface area contributed by atoms with Crippen LogP contribution in [-0.2, 0) is 27.0 Å². The number of benzene rings is 1. The molecule has 1 amide bonds. The highest BCUT2D eigenvalue weighted by atomic mass is 32.2. The monoisotopic (exact) mass is 362 g/mol. The third-order valence-corrected chi connectivity index (χ3v) is 7.12. The molecule has 0 atom stereocenters. The van der Waals surface area contributed by atoms with Crippen LogP contribution in [0.3, 0.4) is 0 Å². The van der Waals surface area contributed by atoms with Crippen molar-refractivity contribution in [2.75, 3.05) is 23.8 Å². The van der Waals surface area contributed by atoms with Crippen LogP contribution in [0.1, 0.15) is 32.8 Å². The van der Waals surface area contributed by atoms with Gasteiger partial charge < -0.3 is 9.64 Å². The van der Waals surface area contributed by atoms with Crippen molar-refractivity contribution in [3.63, 3.8) is 0 Å². The zero-order chi connectivity index (χ0) is 18.4. The Bertz CT molecular complexity index is 620. The van der Waals surface area contributed by atoms with E-state index in [-0.39, 0.29) is 5.91 Å². The van der Waals surface area contributed by atoms with Crippen LogP contribution in [0.25, 0.3) is 0 Å². The molecule has 1 aromatic carbocycles. The predicted molar refractivity (Wildman–Crippen MR) is 104 cm³/mol. The van der Waals surface area contributed by atoms with Crippen LogP contribution in [0.4, 0.5) is 0 Å². The fourth-order valence-corrected chi connectivity index (χ4v) is 5.20. The summed E-state index contributed by atoms with van der Waals surface area (Å²) in [5.74, 6) is 4.87. The molecule has 0 spiro atoms. The number of hydrogen-bond donors (Lipinski definition) is 0. The van der Waals surface area contributed by atoms with Crippen LogP contribution in [0.2, 0.25) is 0 Å². The number of nitrogens with zero attached hydrogens (tertiary/aromatic N) is 1. The van der Waals surface area contributed by atoms with Crippen LogP contribution in [-0.4, -0.2) is 40.6 Å². The van der Waals surface area contributed by atoms with E-state index >= 15 is 0 Å². The molecule has 1 aromatic rings. The number of carbonyl (C=O) groups excluding carboxylic acids is 2. The van der Waals surface area contributed by atoms with Gasteiger partial charge in [-0.2, -0.15) is 0 Å². The lowest BCUT2D eigenvalue weighted by molar-refractivity contribution is -0.130. The van der Waals surface area contributed by atoms with Crippen molar-refractivity contribution in [3.8, 4) is 5.75 Å². The summed E-state index contributed by atoms with van der Waals surface area (Å²) in [4.78, 5) is 25.3. The van der Waals surface area contributed by atoms with Crippen LogP contribution in [0.15, 0.2) is 36.4 Å². The molecule has 4 nitrogen and oxygen atoms in total. The molecule has 0 aromatic heterocycles. The van der Waals surface area contributed by atoms with Gasteiger partial charge in [0.25, 0.3) is 0 Å². The minimum atomic E-state index is -0.426. The maximum absolute atomic E-state index is 11.9. The third-order valence-electron chi connectivity index (χ3n) is 4.47. The topological polar surface area (TPSA) is 46.6 Å². The van der Waals surface area contributed by atoms with E-state index in [2.05, 4.69) is 13.5 Å². The molecule has 1 aliphatic rings. The fourth-order valence-electron chi connectivity index (χ4n) is 2.68. The van der Waals surface area contributed by atoms with Gasteiger partial charge in [0.2, 0.25) is 5.91 Å². The first-order chi connectivity index (χ1) is 11.9. The van der Waals surface area contributed by atoms with Gasteiger partial charge in [-0.25, -0.2) is 4.79 Å². The standard InChI is InChI=1S/C20H28NO3S/c1-5-17-13-25(14-17)11-10-21(16(4)22)12-18-6-8-19(9-7-18)24-20(23)15(2)3/h6-9,17H,2,5,10-14H2,1,3-4H3/q+1. The summed E-state index contributed by atoms with van der Waals surface area (Å²) in [5, 5.41) is 0. The zero-order valence-corrected chi connectivity index (χ0v) is 16.2. The average Bonchev–Trinajstić information content (AvgIpc) is 2.53.